The zero-order valence-electron chi connectivity index (χ0n) is 13.1. The van der Waals surface area contributed by atoms with Crippen molar-refractivity contribution in [2.24, 2.45) is 0 Å². The summed E-state index contributed by atoms with van der Waals surface area (Å²) in [6.45, 7) is 7.43. The van der Waals surface area contributed by atoms with Crippen molar-refractivity contribution >= 4 is 17.6 Å². The number of hydrogen-bond donors (Lipinski definition) is 3. The number of nitrogens with two attached hydrogens (primary N) is 1. The molecule has 1 rings (SSSR count). The van der Waals surface area contributed by atoms with Crippen LogP contribution < -0.4 is 16.4 Å². The second-order valence-electron chi connectivity index (χ2n) is 5.32. The molecule has 1 aromatic rings. The first-order valence-electron chi connectivity index (χ1n) is 7.80. The lowest BCUT2D eigenvalue weighted by Crippen LogP contribution is -2.17. The van der Waals surface area contributed by atoms with Crippen LogP contribution in [-0.2, 0) is 0 Å². The summed E-state index contributed by atoms with van der Waals surface area (Å²) in [6, 6.07) is 2.33. The van der Waals surface area contributed by atoms with Crippen molar-refractivity contribution in [2.45, 2.75) is 65.3 Å². The largest absolute Gasteiger partial charge is 0.370 e. The molecule has 1 aromatic heterocycles. The van der Waals surface area contributed by atoms with E-state index in [2.05, 4.69) is 41.4 Å². The fourth-order valence-electron chi connectivity index (χ4n) is 2.09. The Morgan fingerprint density at radius 2 is 1.85 bits per heavy atom. The van der Waals surface area contributed by atoms with Gasteiger partial charge in [0, 0.05) is 18.7 Å². The first-order chi connectivity index (χ1) is 9.65. The second-order valence-corrected chi connectivity index (χ2v) is 5.32. The molecule has 5 heteroatoms. The van der Waals surface area contributed by atoms with E-state index in [0.29, 0.717) is 12.0 Å². The lowest BCUT2D eigenvalue weighted by Gasteiger charge is -2.15. The van der Waals surface area contributed by atoms with Crippen molar-refractivity contribution in [1.82, 2.24) is 9.97 Å². The molecule has 0 bridgehead atoms. The van der Waals surface area contributed by atoms with E-state index in [1.165, 1.54) is 25.7 Å². The fraction of sp³-hybridized carbons (Fsp3) is 0.733. The van der Waals surface area contributed by atoms with Gasteiger partial charge in [0.25, 0.3) is 0 Å². The zero-order valence-corrected chi connectivity index (χ0v) is 13.1. The molecule has 5 nitrogen and oxygen atoms in total. The second kappa shape index (κ2) is 9.39. The normalized spacial score (nSPS) is 12.2. The van der Waals surface area contributed by atoms with Gasteiger partial charge in [0.2, 0.25) is 5.95 Å². The van der Waals surface area contributed by atoms with Gasteiger partial charge in [0.15, 0.2) is 0 Å². The third-order valence-electron chi connectivity index (χ3n) is 3.18. The van der Waals surface area contributed by atoms with Gasteiger partial charge in [0.05, 0.1) is 0 Å². The number of nitrogens with zero attached hydrogens (tertiary/aromatic N) is 2. The van der Waals surface area contributed by atoms with Crippen molar-refractivity contribution in [1.29, 1.82) is 0 Å². The smallest absolute Gasteiger partial charge is 0.223 e. The molecule has 0 saturated heterocycles. The summed E-state index contributed by atoms with van der Waals surface area (Å²) in [4.78, 5) is 8.42. The highest BCUT2D eigenvalue weighted by Gasteiger charge is 2.06. The van der Waals surface area contributed by atoms with Crippen molar-refractivity contribution in [2.75, 3.05) is 22.9 Å². The van der Waals surface area contributed by atoms with Crippen LogP contribution in [0.3, 0.4) is 0 Å². The van der Waals surface area contributed by atoms with Crippen LogP contribution in [0.5, 0.6) is 0 Å². The summed E-state index contributed by atoms with van der Waals surface area (Å²) in [5.41, 5.74) is 5.74. The van der Waals surface area contributed by atoms with Gasteiger partial charge in [-0.05, 0) is 19.8 Å². The Morgan fingerprint density at radius 1 is 1.10 bits per heavy atom. The van der Waals surface area contributed by atoms with Gasteiger partial charge < -0.3 is 16.4 Å². The molecular weight excluding hydrogens is 250 g/mol. The van der Waals surface area contributed by atoms with Gasteiger partial charge in [-0.3, -0.25) is 0 Å². The van der Waals surface area contributed by atoms with Gasteiger partial charge in [-0.15, -0.1) is 0 Å². The van der Waals surface area contributed by atoms with E-state index in [-0.39, 0.29) is 0 Å². The van der Waals surface area contributed by atoms with Crippen molar-refractivity contribution in [3.63, 3.8) is 0 Å². The van der Waals surface area contributed by atoms with E-state index in [1.807, 2.05) is 6.07 Å². The van der Waals surface area contributed by atoms with Crippen LogP contribution in [0.4, 0.5) is 17.6 Å². The molecule has 1 unspecified atom stereocenters. The molecule has 0 fully saturated rings. The zero-order chi connectivity index (χ0) is 14.8. The average molecular weight is 279 g/mol. The van der Waals surface area contributed by atoms with Crippen molar-refractivity contribution < 1.29 is 0 Å². The van der Waals surface area contributed by atoms with E-state index in [0.717, 1.165) is 31.0 Å². The number of hydrogen-bond acceptors (Lipinski definition) is 5. The summed E-state index contributed by atoms with van der Waals surface area (Å²) in [5, 5.41) is 6.64. The molecule has 1 heterocycles. The number of nitrogens with one attached hydrogen (secondary N) is 2. The van der Waals surface area contributed by atoms with Crippen molar-refractivity contribution in [3.05, 3.63) is 6.07 Å². The molecule has 114 valence electrons. The predicted molar refractivity (Wildman–Crippen MR) is 87.1 cm³/mol. The summed E-state index contributed by atoms with van der Waals surface area (Å²) in [7, 11) is 0. The molecule has 0 aliphatic carbocycles. The molecule has 0 aliphatic rings. The Bertz CT molecular complexity index is 381. The number of aromatic nitrogens is 2. The Kier molecular flexibility index (Phi) is 7.77. The van der Waals surface area contributed by atoms with Crippen LogP contribution in [0.15, 0.2) is 6.07 Å². The Labute approximate surface area is 122 Å². The molecule has 0 spiro atoms. The third kappa shape index (κ3) is 6.59. The predicted octanol–water partition coefficient (Wildman–Crippen LogP) is 3.65. The minimum absolute atomic E-state index is 0.312. The standard InChI is InChI=1S/C15H29N5/c1-4-6-7-8-9-12(3)18-14-11-13(17-10-5-2)19-15(16)20-14/h11-12H,4-10H2,1-3H3,(H4,16,17,18,19,20). The van der Waals surface area contributed by atoms with E-state index >= 15 is 0 Å². The van der Waals surface area contributed by atoms with Gasteiger partial charge in [0.1, 0.15) is 11.6 Å². The summed E-state index contributed by atoms with van der Waals surface area (Å²) in [5.74, 6) is 1.91. The van der Waals surface area contributed by atoms with Gasteiger partial charge in [-0.2, -0.15) is 9.97 Å². The molecule has 0 aliphatic heterocycles. The Hall–Kier alpha value is -1.52. The minimum Gasteiger partial charge on any atom is -0.370 e. The highest BCUT2D eigenvalue weighted by atomic mass is 15.1. The van der Waals surface area contributed by atoms with Crippen LogP contribution >= 0.6 is 0 Å². The van der Waals surface area contributed by atoms with E-state index in [9.17, 15) is 0 Å². The van der Waals surface area contributed by atoms with Gasteiger partial charge >= 0.3 is 0 Å². The average Bonchev–Trinajstić information content (AvgIpc) is 2.41. The quantitative estimate of drug-likeness (QED) is 0.570. The van der Waals surface area contributed by atoms with Crippen LogP contribution in [0, 0.1) is 0 Å². The molecule has 0 aromatic carbocycles. The van der Waals surface area contributed by atoms with Gasteiger partial charge in [-0.1, -0.05) is 39.5 Å². The molecule has 20 heavy (non-hydrogen) atoms. The van der Waals surface area contributed by atoms with Crippen LogP contribution in [0.1, 0.15) is 59.3 Å². The summed E-state index contributed by atoms with van der Waals surface area (Å²) in [6.07, 6.45) is 7.36. The maximum atomic E-state index is 5.74. The number of rotatable bonds is 10. The molecule has 0 amide bonds. The molecular formula is C15H29N5. The van der Waals surface area contributed by atoms with E-state index < -0.39 is 0 Å². The first-order valence-corrected chi connectivity index (χ1v) is 7.80. The highest BCUT2D eigenvalue weighted by molar-refractivity contribution is 5.51. The maximum absolute atomic E-state index is 5.74. The monoisotopic (exact) mass is 279 g/mol. The third-order valence-corrected chi connectivity index (χ3v) is 3.18. The molecule has 1 atom stereocenters. The highest BCUT2D eigenvalue weighted by Crippen LogP contribution is 2.15. The lowest BCUT2D eigenvalue weighted by molar-refractivity contribution is 0.593. The Morgan fingerprint density at radius 3 is 2.55 bits per heavy atom. The summed E-state index contributed by atoms with van der Waals surface area (Å²) >= 11 is 0. The SMILES string of the molecule is CCCCCCC(C)Nc1cc(NCCC)nc(N)n1. The number of nitrogen functional groups attached to an aromatic ring is 1. The molecule has 0 radical (unpaired) electrons. The maximum Gasteiger partial charge on any atom is 0.223 e. The van der Waals surface area contributed by atoms with E-state index in [1.54, 1.807) is 0 Å². The number of anilines is 3. The van der Waals surface area contributed by atoms with Crippen molar-refractivity contribution in [3.8, 4) is 0 Å². The Balaban J connectivity index is 2.47. The number of unbranched alkanes of at least 4 members (excludes halogenated alkanes) is 3. The van der Waals surface area contributed by atoms with E-state index in [4.69, 9.17) is 5.73 Å². The van der Waals surface area contributed by atoms with Crippen LogP contribution in [-0.4, -0.2) is 22.6 Å². The van der Waals surface area contributed by atoms with Crippen LogP contribution in [0.2, 0.25) is 0 Å². The lowest BCUT2D eigenvalue weighted by atomic mass is 10.1. The molecule has 4 N–H and O–H groups in total. The fourth-order valence-corrected chi connectivity index (χ4v) is 2.09. The van der Waals surface area contributed by atoms with Crippen LogP contribution in [0.25, 0.3) is 0 Å². The molecule has 0 saturated carbocycles. The topological polar surface area (TPSA) is 75.9 Å². The minimum atomic E-state index is 0.312. The van der Waals surface area contributed by atoms with Gasteiger partial charge in [-0.25, -0.2) is 0 Å². The summed E-state index contributed by atoms with van der Waals surface area (Å²) < 4.78 is 0. The first kappa shape index (κ1) is 16.5.